The van der Waals surface area contributed by atoms with Crippen molar-refractivity contribution in [3.05, 3.63) is 29.8 Å². The molecule has 1 unspecified atom stereocenters. The van der Waals surface area contributed by atoms with Crippen molar-refractivity contribution in [3.63, 3.8) is 0 Å². The summed E-state index contributed by atoms with van der Waals surface area (Å²) in [5.74, 6) is 1.70. The van der Waals surface area contributed by atoms with E-state index in [1.165, 1.54) is 24.6 Å². The van der Waals surface area contributed by atoms with Crippen molar-refractivity contribution < 1.29 is 9.59 Å². The van der Waals surface area contributed by atoms with E-state index in [1.54, 1.807) is 0 Å². The summed E-state index contributed by atoms with van der Waals surface area (Å²) in [6, 6.07) is 7.59. The molecule has 0 aromatic heterocycles. The van der Waals surface area contributed by atoms with Crippen LogP contribution < -0.4 is 10.7 Å². The molecule has 1 saturated carbocycles. The molecule has 22 heavy (non-hydrogen) atoms. The van der Waals surface area contributed by atoms with Crippen LogP contribution in [0.3, 0.4) is 0 Å². The molecule has 1 aromatic rings. The minimum Gasteiger partial charge on any atom is -0.317 e. The second-order valence-electron chi connectivity index (χ2n) is 5.88. The highest BCUT2D eigenvalue weighted by Gasteiger charge is 2.23. The number of benzene rings is 1. The van der Waals surface area contributed by atoms with E-state index >= 15 is 0 Å². The molecule has 0 radical (unpaired) electrons. The normalized spacial score (nSPS) is 21.0. The van der Waals surface area contributed by atoms with Crippen molar-refractivity contribution in [2.45, 2.75) is 26.2 Å². The van der Waals surface area contributed by atoms with E-state index in [0.717, 1.165) is 28.6 Å². The number of nitrogens with zero attached hydrogens (tertiary/aromatic N) is 1. The zero-order valence-corrected chi connectivity index (χ0v) is 13.3. The van der Waals surface area contributed by atoms with Gasteiger partial charge in [-0.15, -0.1) is 0 Å². The average Bonchev–Trinajstić information content (AvgIpc) is 3.31. The number of nitrogens with one attached hydrogen (secondary N) is 2. The number of rotatable bonds is 4. The van der Waals surface area contributed by atoms with E-state index in [2.05, 4.69) is 15.8 Å². The maximum Gasteiger partial charge on any atom is 0.283 e. The molecule has 2 amide bonds. The van der Waals surface area contributed by atoms with Gasteiger partial charge >= 0.3 is 0 Å². The smallest absolute Gasteiger partial charge is 0.283 e. The minimum absolute atomic E-state index is 0.00436. The second-order valence-corrected chi connectivity index (χ2v) is 6.87. The Labute approximate surface area is 133 Å². The summed E-state index contributed by atoms with van der Waals surface area (Å²) in [5.41, 5.74) is 5.14. The number of amides is 2. The van der Waals surface area contributed by atoms with E-state index in [0.29, 0.717) is 6.42 Å². The summed E-state index contributed by atoms with van der Waals surface area (Å²) in [5, 5.41) is 7.02. The van der Waals surface area contributed by atoms with E-state index in [9.17, 15) is 9.59 Å². The highest BCUT2D eigenvalue weighted by atomic mass is 32.2. The Morgan fingerprint density at radius 1 is 1.36 bits per heavy atom. The lowest BCUT2D eigenvalue weighted by atomic mass is 9.94. The molecule has 1 heterocycles. The highest BCUT2D eigenvalue weighted by Crippen LogP contribution is 2.32. The van der Waals surface area contributed by atoms with Gasteiger partial charge in [0.1, 0.15) is 0 Å². The van der Waals surface area contributed by atoms with Gasteiger partial charge in [-0.2, -0.15) is 5.10 Å². The van der Waals surface area contributed by atoms with Crippen molar-refractivity contribution >= 4 is 34.3 Å². The minimum atomic E-state index is -0.0483. The van der Waals surface area contributed by atoms with Crippen LogP contribution in [0, 0.1) is 11.8 Å². The molecule has 0 bridgehead atoms. The number of carbonyl (C=O) groups is 2. The quantitative estimate of drug-likeness (QED) is 0.895. The molecule has 5 nitrogen and oxygen atoms in total. The third kappa shape index (κ3) is 3.88. The fourth-order valence-corrected chi connectivity index (χ4v) is 3.27. The van der Waals surface area contributed by atoms with Crippen LogP contribution in [0.15, 0.2) is 29.4 Å². The number of hydrogen-bond donors (Lipinski definition) is 2. The molecule has 0 spiro atoms. The van der Waals surface area contributed by atoms with Gasteiger partial charge in [-0.05, 0) is 36.5 Å². The maximum absolute atomic E-state index is 11.8. The maximum atomic E-state index is 11.8. The van der Waals surface area contributed by atoms with Gasteiger partial charge in [0.15, 0.2) is 0 Å². The summed E-state index contributed by atoms with van der Waals surface area (Å²) >= 11 is 1.35. The van der Waals surface area contributed by atoms with Gasteiger partial charge in [-0.1, -0.05) is 30.8 Å². The lowest BCUT2D eigenvalue weighted by molar-refractivity contribution is -0.121. The molecule has 116 valence electrons. The molecule has 1 aromatic carbocycles. The van der Waals surface area contributed by atoms with Crippen molar-refractivity contribution in [1.82, 2.24) is 5.43 Å². The molecule has 3 rings (SSSR count). The first-order valence-electron chi connectivity index (χ1n) is 7.52. The fourth-order valence-electron chi connectivity index (χ4n) is 2.36. The Morgan fingerprint density at radius 3 is 2.73 bits per heavy atom. The van der Waals surface area contributed by atoms with Gasteiger partial charge < -0.3 is 5.32 Å². The molecule has 1 aliphatic heterocycles. The zero-order valence-electron chi connectivity index (χ0n) is 12.5. The lowest BCUT2D eigenvalue weighted by Crippen LogP contribution is -2.31. The summed E-state index contributed by atoms with van der Waals surface area (Å²) in [6.45, 7) is 1.99. The summed E-state index contributed by atoms with van der Waals surface area (Å²) in [6.07, 6.45) is 2.97. The van der Waals surface area contributed by atoms with Gasteiger partial charge in [-0.3, -0.25) is 9.59 Å². The van der Waals surface area contributed by atoms with Crippen molar-refractivity contribution in [2.24, 2.45) is 16.9 Å². The van der Waals surface area contributed by atoms with Crippen molar-refractivity contribution in [2.75, 3.05) is 11.1 Å². The van der Waals surface area contributed by atoms with Crippen LogP contribution >= 0.6 is 11.8 Å². The van der Waals surface area contributed by atoms with Crippen molar-refractivity contribution in [3.8, 4) is 0 Å². The van der Waals surface area contributed by atoms with Crippen LogP contribution in [0.25, 0.3) is 0 Å². The van der Waals surface area contributed by atoms with Gasteiger partial charge in [0.25, 0.3) is 5.24 Å². The predicted molar refractivity (Wildman–Crippen MR) is 89.1 cm³/mol. The average molecular weight is 317 g/mol. The van der Waals surface area contributed by atoms with Gasteiger partial charge in [-0.25, -0.2) is 5.43 Å². The standard InChI is InChI=1S/C16H19N3O2S/c1-10-8-14(20)18-19-15(10)12-4-6-13(7-5-12)17-16(21)22-9-11-2-3-11/h4-7,10-11H,2-3,8-9H2,1H3,(H,17,21)(H,18,20). The zero-order chi connectivity index (χ0) is 15.5. The fraction of sp³-hybridized carbons (Fsp3) is 0.438. The molecular weight excluding hydrogens is 298 g/mol. The summed E-state index contributed by atoms with van der Waals surface area (Å²) in [7, 11) is 0. The van der Waals surface area contributed by atoms with E-state index in [-0.39, 0.29) is 17.1 Å². The number of carbonyl (C=O) groups excluding carboxylic acids is 2. The molecule has 0 saturated heterocycles. The Kier molecular flexibility index (Phi) is 4.47. The van der Waals surface area contributed by atoms with E-state index in [4.69, 9.17) is 0 Å². The monoisotopic (exact) mass is 317 g/mol. The molecule has 1 atom stereocenters. The van der Waals surface area contributed by atoms with Crippen molar-refractivity contribution in [1.29, 1.82) is 0 Å². The Bertz CT molecular complexity index is 608. The summed E-state index contributed by atoms with van der Waals surface area (Å²) in [4.78, 5) is 23.1. The van der Waals surface area contributed by atoms with Crippen LogP contribution in [0.2, 0.25) is 0 Å². The second kappa shape index (κ2) is 6.52. The third-order valence-electron chi connectivity index (χ3n) is 3.83. The Morgan fingerprint density at radius 2 is 2.09 bits per heavy atom. The topological polar surface area (TPSA) is 70.6 Å². The number of hydrogen-bond acceptors (Lipinski definition) is 4. The molecule has 1 aliphatic carbocycles. The summed E-state index contributed by atoms with van der Waals surface area (Å²) < 4.78 is 0. The van der Waals surface area contributed by atoms with Gasteiger partial charge in [0, 0.05) is 23.8 Å². The predicted octanol–water partition coefficient (Wildman–Crippen LogP) is 3.22. The van der Waals surface area contributed by atoms with Crippen LogP contribution in [-0.2, 0) is 4.79 Å². The Balaban J connectivity index is 1.59. The van der Waals surface area contributed by atoms with Crippen LogP contribution in [0.5, 0.6) is 0 Å². The van der Waals surface area contributed by atoms with Gasteiger partial charge in [0.05, 0.1) is 5.71 Å². The van der Waals surface area contributed by atoms with E-state index < -0.39 is 0 Å². The lowest BCUT2D eigenvalue weighted by Gasteiger charge is -2.19. The molecule has 6 heteroatoms. The first-order valence-corrected chi connectivity index (χ1v) is 8.51. The Hall–Kier alpha value is -1.82. The molecule has 2 aliphatic rings. The first kappa shape index (κ1) is 15.1. The number of thioether (sulfide) groups is 1. The van der Waals surface area contributed by atoms with Crippen LogP contribution in [-0.4, -0.2) is 22.6 Å². The molecule has 2 N–H and O–H groups in total. The SMILES string of the molecule is CC1CC(=O)NN=C1c1ccc(NC(=O)SCC2CC2)cc1. The third-order valence-corrected chi connectivity index (χ3v) is 4.84. The van der Waals surface area contributed by atoms with Crippen LogP contribution in [0.1, 0.15) is 31.7 Å². The highest BCUT2D eigenvalue weighted by molar-refractivity contribution is 8.13. The molecule has 1 fully saturated rings. The van der Waals surface area contributed by atoms with Gasteiger partial charge in [0.2, 0.25) is 5.91 Å². The van der Waals surface area contributed by atoms with Crippen LogP contribution in [0.4, 0.5) is 10.5 Å². The van der Waals surface area contributed by atoms with E-state index in [1.807, 2.05) is 31.2 Å². The number of hydrazone groups is 1. The first-order chi connectivity index (χ1) is 10.6. The number of anilines is 1. The largest absolute Gasteiger partial charge is 0.317 e. The molecular formula is C16H19N3O2S.